The molecule has 0 bridgehead atoms. The Hall–Kier alpha value is -1.91. The molecular weight excluding hydrogens is 249 g/mol. The number of nitrogens with zero attached hydrogens (tertiary/aromatic N) is 1. The summed E-state index contributed by atoms with van der Waals surface area (Å²) >= 11 is 0. The first-order valence-corrected chi connectivity index (χ1v) is 6.26. The van der Waals surface area contributed by atoms with Crippen LogP contribution in [0.25, 0.3) is 0 Å². The summed E-state index contributed by atoms with van der Waals surface area (Å²) < 4.78 is 12.9. The average Bonchev–Trinajstić information content (AvgIpc) is 2.38. The van der Waals surface area contributed by atoms with Crippen molar-refractivity contribution in [3.63, 3.8) is 0 Å². The number of phenols is 1. The molecule has 5 heteroatoms. The molecule has 4 nitrogen and oxygen atoms in total. The van der Waals surface area contributed by atoms with Gasteiger partial charge in [-0.05, 0) is 25.0 Å². The van der Waals surface area contributed by atoms with Crippen molar-refractivity contribution in [3.8, 4) is 5.75 Å². The molecule has 102 valence electrons. The summed E-state index contributed by atoms with van der Waals surface area (Å²) in [6, 6.07) is 3.34. The molecule has 0 atom stereocenters. The zero-order chi connectivity index (χ0) is 14.0. The summed E-state index contributed by atoms with van der Waals surface area (Å²) in [7, 11) is 1.64. The lowest BCUT2D eigenvalue weighted by Crippen LogP contribution is -2.39. The molecule has 1 fully saturated rings. The number of ketones is 1. The first-order valence-electron chi connectivity index (χ1n) is 6.26. The smallest absolute Gasteiger partial charge is 0.257 e. The Kier molecular flexibility index (Phi) is 3.83. The number of rotatable bonds is 2. The maximum absolute atomic E-state index is 12.9. The zero-order valence-electron chi connectivity index (χ0n) is 10.7. The molecule has 0 unspecified atom stereocenters. The van der Waals surface area contributed by atoms with E-state index < -0.39 is 5.82 Å². The van der Waals surface area contributed by atoms with Gasteiger partial charge in [-0.25, -0.2) is 4.39 Å². The van der Waals surface area contributed by atoms with Gasteiger partial charge in [0, 0.05) is 32.0 Å². The summed E-state index contributed by atoms with van der Waals surface area (Å²) in [5.74, 6) is -1.07. The van der Waals surface area contributed by atoms with E-state index in [1.165, 1.54) is 11.0 Å². The summed E-state index contributed by atoms with van der Waals surface area (Å²) in [5, 5.41) is 9.61. The minimum Gasteiger partial charge on any atom is -0.507 e. The van der Waals surface area contributed by atoms with Crippen LogP contribution in [0.1, 0.15) is 36.0 Å². The van der Waals surface area contributed by atoms with Crippen molar-refractivity contribution in [2.24, 2.45) is 0 Å². The number of aromatic hydroxyl groups is 1. The molecule has 2 rings (SSSR count). The Morgan fingerprint density at radius 1 is 1.37 bits per heavy atom. The number of Topliss-reactive ketones (excluding diaryl/α,β-unsaturated/α-hetero) is 1. The van der Waals surface area contributed by atoms with Gasteiger partial charge in [0.1, 0.15) is 17.3 Å². The fourth-order valence-electron chi connectivity index (χ4n) is 2.35. The Balaban J connectivity index is 2.12. The van der Waals surface area contributed by atoms with Crippen LogP contribution < -0.4 is 0 Å². The second-order valence-corrected chi connectivity index (χ2v) is 4.85. The highest BCUT2D eigenvalue weighted by Crippen LogP contribution is 2.24. The Morgan fingerprint density at radius 3 is 2.58 bits per heavy atom. The molecule has 1 aromatic carbocycles. The van der Waals surface area contributed by atoms with E-state index in [1.54, 1.807) is 7.05 Å². The molecule has 0 radical (unpaired) electrons. The largest absolute Gasteiger partial charge is 0.507 e. The maximum Gasteiger partial charge on any atom is 0.257 e. The van der Waals surface area contributed by atoms with Gasteiger partial charge in [0.15, 0.2) is 0 Å². The van der Waals surface area contributed by atoms with Crippen molar-refractivity contribution in [3.05, 3.63) is 29.6 Å². The molecule has 0 spiro atoms. The number of carbonyl (C=O) groups excluding carboxylic acids is 2. The third kappa shape index (κ3) is 2.92. The molecule has 1 aliphatic carbocycles. The molecule has 0 heterocycles. The van der Waals surface area contributed by atoms with Gasteiger partial charge in [0.05, 0.1) is 5.56 Å². The topological polar surface area (TPSA) is 57.6 Å². The minimum atomic E-state index is -0.583. The standard InChI is InChI=1S/C14H16FNO3/c1-16(10-3-5-11(17)6-4-10)14(19)12-7-2-9(15)8-13(12)18/h2,7-8,10,18H,3-6H2,1H3. The van der Waals surface area contributed by atoms with Gasteiger partial charge < -0.3 is 10.0 Å². The number of halogens is 1. The van der Waals surface area contributed by atoms with Crippen LogP contribution in [-0.2, 0) is 4.79 Å². The minimum absolute atomic E-state index is 0.00495. The van der Waals surface area contributed by atoms with Crippen LogP contribution in [0.4, 0.5) is 4.39 Å². The van der Waals surface area contributed by atoms with E-state index in [-0.39, 0.29) is 29.0 Å². The SMILES string of the molecule is CN(C(=O)c1ccc(F)cc1O)C1CCC(=O)CC1. The predicted octanol–water partition coefficient (Wildman–Crippen LogP) is 2.12. The number of benzene rings is 1. The zero-order valence-corrected chi connectivity index (χ0v) is 10.7. The molecule has 0 saturated heterocycles. The van der Waals surface area contributed by atoms with Gasteiger partial charge in [0.2, 0.25) is 0 Å². The van der Waals surface area contributed by atoms with Crippen LogP contribution in [0, 0.1) is 5.82 Å². The number of hydrogen-bond acceptors (Lipinski definition) is 3. The second kappa shape index (κ2) is 5.38. The summed E-state index contributed by atoms with van der Waals surface area (Å²) in [6.07, 6.45) is 2.25. The number of carbonyl (C=O) groups is 2. The fourth-order valence-corrected chi connectivity index (χ4v) is 2.35. The predicted molar refractivity (Wildman–Crippen MR) is 67.4 cm³/mol. The van der Waals surface area contributed by atoms with Crippen LogP contribution in [0.3, 0.4) is 0 Å². The molecule has 1 amide bonds. The highest BCUT2D eigenvalue weighted by molar-refractivity contribution is 5.97. The number of amides is 1. The van der Waals surface area contributed by atoms with Crippen LogP contribution >= 0.6 is 0 Å². The van der Waals surface area contributed by atoms with Crippen molar-refractivity contribution in [2.45, 2.75) is 31.7 Å². The molecule has 1 aromatic rings. The first kappa shape index (κ1) is 13.5. The number of hydrogen-bond donors (Lipinski definition) is 1. The van der Waals surface area contributed by atoms with Gasteiger partial charge in [-0.1, -0.05) is 0 Å². The molecular formula is C14H16FNO3. The van der Waals surface area contributed by atoms with Crippen LogP contribution in [-0.4, -0.2) is 34.8 Å². The van der Waals surface area contributed by atoms with Gasteiger partial charge in [-0.3, -0.25) is 9.59 Å². The van der Waals surface area contributed by atoms with E-state index in [0.717, 1.165) is 12.1 Å². The molecule has 1 N–H and O–H groups in total. The van der Waals surface area contributed by atoms with E-state index in [0.29, 0.717) is 25.7 Å². The Bertz CT molecular complexity index is 505. The van der Waals surface area contributed by atoms with E-state index in [9.17, 15) is 19.1 Å². The van der Waals surface area contributed by atoms with E-state index in [1.807, 2.05) is 0 Å². The van der Waals surface area contributed by atoms with Crippen molar-refractivity contribution in [1.29, 1.82) is 0 Å². The van der Waals surface area contributed by atoms with Crippen molar-refractivity contribution < 1.29 is 19.1 Å². The highest BCUT2D eigenvalue weighted by atomic mass is 19.1. The molecule has 19 heavy (non-hydrogen) atoms. The lowest BCUT2D eigenvalue weighted by molar-refractivity contribution is -0.121. The normalized spacial score (nSPS) is 16.4. The van der Waals surface area contributed by atoms with Gasteiger partial charge >= 0.3 is 0 Å². The second-order valence-electron chi connectivity index (χ2n) is 4.85. The maximum atomic E-state index is 12.9. The Morgan fingerprint density at radius 2 is 2.00 bits per heavy atom. The van der Waals surface area contributed by atoms with Crippen molar-refractivity contribution >= 4 is 11.7 Å². The highest BCUT2D eigenvalue weighted by Gasteiger charge is 2.27. The fraction of sp³-hybridized carbons (Fsp3) is 0.429. The average molecular weight is 265 g/mol. The van der Waals surface area contributed by atoms with E-state index >= 15 is 0 Å². The third-order valence-corrected chi connectivity index (χ3v) is 3.57. The summed E-state index contributed by atoms with van der Waals surface area (Å²) in [4.78, 5) is 24.9. The van der Waals surface area contributed by atoms with E-state index in [4.69, 9.17) is 0 Å². The van der Waals surface area contributed by atoms with Gasteiger partial charge in [-0.2, -0.15) is 0 Å². The van der Waals surface area contributed by atoms with E-state index in [2.05, 4.69) is 0 Å². The van der Waals surface area contributed by atoms with Crippen LogP contribution in [0.15, 0.2) is 18.2 Å². The molecule has 0 aromatic heterocycles. The Labute approximate surface area is 110 Å². The first-order chi connectivity index (χ1) is 8.99. The molecule has 0 aliphatic heterocycles. The summed E-state index contributed by atoms with van der Waals surface area (Å²) in [6.45, 7) is 0. The monoisotopic (exact) mass is 265 g/mol. The molecule has 1 aliphatic rings. The van der Waals surface area contributed by atoms with Crippen LogP contribution in [0.2, 0.25) is 0 Å². The van der Waals surface area contributed by atoms with Crippen molar-refractivity contribution in [2.75, 3.05) is 7.05 Å². The third-order valence-electron chi connectivity index (χ3n) is 3.57. The molecule has 1 saturated carbocycles. The quantitative estimate of drug-likeness (QED) is 0.891. The van der Waals surface area contributed by atoms with Gasteiger partial charge in [-0.15, -0.1) is 0 Å². The number of phenolic OH excluding ortho intramolecular Hbond substituents is 1. The van der Waals surface area contributed by atoms with Gasteiger partial charge in [0.25, 0.3) is 5.91 Å². The summed E-state index contributed by atoms with van der Waals surface area (Å²) in [5.41, 5.74) is 0.0841. The lowest BCUT2D eigenvalue weighted by Gasteiger charge is -2.30. The van der Waals surface area contributed by atoms with Crippen molar-refractivity contribution in [1.82, 2.24) is 4.90 Å². The lowest BCUT2D eigenvalue weighted by atomic mass is 9.93. The van der Waals surface area contributed by atoms with Crippen LogP contribution in [0.5, 0.6) is 5.75 Å².